The molecule has 6 aromatic rings. The standard InChI is InChI=1S/C40H54.C30H40Br2/c1-9-17-19-21-25-35-33(23-11-3)39-27-37-31(15-7)29(13-5)30(14-6)32(16-8)38(37)28-40(39)34(24-12-4)36(35)26-22-20-18-10-2;1-7-13-23-27-15-25-21(11-5)19(9-3)20(10-4)22(12-6)26(25)16-28(27)24(14-8-2)30(18-32)29(23)17-31/h27-28H,9-18,23-26H2,1-8H3;15-16H,7-14,17-18H2,1-6H3. The molecule has 0 saturated carbocycles. The first-order chi connectivity index (χ1) is 35.1. The average molecular weight is 1100 g/mol. The van der Waals surface area contributed by atoms with E-state index in [2.05, 4.69) is 177 Å². The van der Waals surface area contributed by atoms with Crippen LogP contribution in [0.5, 0.6) is 0 Å². The summed E-state index contributed by atoms with van der Waals surface area (Å²) in [6, 6.07) is 10.4. The smallest absolute Gasteiger partial charge is 0.0346 e. The van der Waals surface area contributed by atoms with Gasteiger partial charge < -0.3 is 0 Å². The maximum atomic E-state index is 3.86. The number of halogens is 2. The Labute approximate surface area is 457 Å². The van der Waals surface area contributed by atoms with Gasteiger partial charge in [0.1, 0.15) is 0 Å². The lowest BCUT2D eigenvalue weighted by molar-refractivity contribution is 0.887. The fourth-order valence-corrected chi connectivity index (χ4v) is 14.3. The molecule has 0 aromatic heterocycles. The van der Waals surface area contributed by atoms with Crippen LogP contribution in [0.25, 0.3) is 43.1 Å². The summed E-state index contributed by atoms with van der Waals surface area (Å²) in [6.07, 6.45) is 23.9. The number of hydrogen-bond donors (Lipinski definition) is 0. The minimum atomic E-state index is 0.848. The van der Waals surface area contributed by atoms with E-state index in [1.165, 1.54) is 89.3 Å². The summed E-state index contributed by atoms with van der Waals surface area (Å²) >= 11 is 7.73. The lowest BCUT2D eigenvalue weighted by Crippen LogP contribution is -2.09. The third-order valence-corrected chi connectivity index (χ3v) is 17.0. The van der Waals surface area contributed by atoms with Gasteiger partial charge in [-0.3, -0.25) is 0 Å². The molecule has 0 unspecified atom stereocenters. The maximum absolute atomic E-state index is 3.86. The lowest BCUT2D eigenvalue weighted by atomic mass is 9.79. The zero-order valence-corrected chi connectivity index (χ0v) is 51.2. The third kappa shape index (κ3) is 12.2. The van der Waals surface area contributed by atoms with Crippen molar-refractivity contribution in [2.45, 2.75) is 249 Å². The number of fused-ring (bicyclic) bond motifs is 4. The van der Waals surface area contributed by atoms with Crippen LogP contribution >= 0.6 is 31.9 Å². The highest BCUT2D eigenvalue weighted by Crippen LogP contribution is 2.43. The number of alkyl halides is 2. The highest BCUT2D eigenvalue weighted by molar-refractivity contribution is 9.09. The van der Waals surface area contributed by atoms with Gasteiger partial charge in [-0.25, -0.2) is 0 Å². The Balaban J connectivity index is 0.000000274. The molecule has 0 N–H and O–H groups in total. The van der Waals surface area contributed by atoms with E-state index < -0.39 is 0 Å². The first-order valence-corrected chi connectivity index (χ1v) is 31.6. The quantitative estimate of drug-likeness (QED) is 0.0361. The molecule has 2 heteroatoms. The summed E-state index contributed by atoms with van der Waals surface area (Å²) in [4.78, 5) is 0. The molecule has 0 amide bonds. The first kappa shape index (κ1) is 59.3. The largest absolute Gasteiger partial charge is 0.103 e. The SMILES string of the molecule is CCCC#CCc1c(CC#CCCC)c(CCC)c2cc3c(CC)c(CC)c(CC)c(CC)c3cc2c1CCC.CCCc1c(CBr)c(CBr)c(CCC)c2cc3c(CC)c(CC)c(CC)c(CC)c3cc12. The molecule has 0 aliphatic carbocycles. The number of unbranched alkanes of at least 4 members (excludes halogenated alkanes) is 2. The van der Waals surface area contributed by atoms with Crippen LogP contribution in [0, 0.1) is 23.7 Å². The Morgan fingerprint density at radius 3 is 0.667 bits per heavy atom. The number of benzene rings is 6. The molecular formula is C70H94Br2. The van der Waals surface area contributed by atoms with Crippen LogP contribution in [0.4, 0.5) is 0 Å². The third-order valence-electron chi connectivity index (χ3n) is 15.9. The van der Waals surface area contributed by atoms with Crippen LogP contribution in [0.1, 0.15) is 237 Å². The molecule has 6 aromatic carbocycles. The van der Waals surface area contributed by atoms with Crippen LogP contribution in [0.2, 0.25) is 0 Å². The number of hydrogen-bond acceptors (Lipinski definition) is 0. The van der Waals surface area contributed by atoms with Gasteiger partial charge in [-0.2, -0.15) is 0 Å². The highest BCUT2D eigenvalue weighted by Gasteiger charge is 2.24. The number of rotatable bonds is 22. The molecular weight excluding hydrogens is 1000 g/mol. The van der Waals surface area contributed by atoms with Crippen molar-refractivity contribution in [2.24, 2.45) is 0 Å². The van der Waals surface area contributed by atoms with Crippen LogP contribution in [-0.4, -0.2) is 0 Å². The van der Waals surface area contributed by atoms with E-state index in [-0.39, 0.29) is 0 Å². The van der Waals surface area contributed by atoms with Gasteiger partial charge in [0.25, 0.3) is 0 Å². The maximum Gasteiger partial charge on any atom is 0.0346 e. The minimum Gasteiger partial charge on any atom is -0.103 e. The van der Waals surface area contributed by atoms with E-state index in [1.807, 2.05) is 0 Å². The molecule has 388 valence electrons. The van der Waals surface area contributed by atoms with E-state index in [9.17, 15) is 0 Å². The summed E-state index contributed by atoms with van der Waals surface area (Å²) in [6.45, 7) is 32.5. The molecule has 0 heterocycles. The fourth-order valence-electron chi connectivity index (χ4n) is 12.9. The monoisotopic (exact) mass is 1090 g/mol. The summed E-state index contributed by atoms with van der Waals surface area (Å²) in [5.74, 6) is 14.1. The Kier molecular flexibility index (Phi) is 24.3. The Bertz CT molecular complexity index is 2740. The average Bonchev–Trinajstić information content (AvgIpc) is 3.40. The zero-order valence-electron chi connectivity index (χ0n) is 48.0. The van der Waals surface area contributed by atoms with Crippen molar-refractivity contribution in [3.8, 4) is 23.7 Å². The predicted molar refractivity (Wildman–Crippen MR) is 332 cm³/mol. The fraction of sp³-hybridized carbons (Fsp3) is 0.543. The van der Waals surface area contributed by atoms with Crippen molar-refractivity contribution < 1.29 is 0 Å². The molecule has 0 aliphatic heterocycles. The van der Waals surface area contributed by atoms with Crippen molar-refractivity contribution in [1.29, 1.82) is 0 Å². The molecule has 0 saturated heterocycles. The van der Waals surface area contributed by atoms with Crippen molar-refractivity contribution in [2.75, 3.05) is 0 Å². The van der Waals surface area contributed by atoms with Crippen molar-refractivity contribution >= 4 is 74.9 Å². The zero-order chi connectivity index (χ0) is 52.5. The first-order valence-electron chi connectivity index (χ1n) is 29.3. The summed E-state index contributed by atoms with van der Waals surface area (Å²) in [5.41, 5.74) is 25.0. The second-order valence-electron chi connectivity index (χ2n) is 20.2. The molecule has 0 aliphatic rings. The summed E-state index contributed by atoms with van der Waals surface area (Å²) < 4.78 is 0. The van der Waals surface area contributed by atoms with Crippen LogP contribution in [0.15, 0.2) is 24.3 Å². The van der Waals surface area contributed by atoms with E-state index in [0.29, 0.717) is 0 Å². The van der Waals surface area contributed by atoms with Gasteiger partial charge in [0.15, 0.2) is 0 Å². The van der Waals surface area contributed by atoms with Crippen LogP contribution in [0.3, 0.4) is 0 Å². The number of aryl methyl sites for hydroxylation is 8. The lowest BCUT2D eigenvalue weighted by Gasteiger charge is -2.25. The van der Waals surface area contributed by atoms with E-state index in [0.717, 1.165) is 139 Å². The van der Waals surface area contributed by atoms with Gasteiger partial charge in [-0.15, -0.1) is 11.8 Å². The van der Waals surface area contributed by atoms with Crippen molar-refractivity contribution in [3.63, 3.8) is 0 Å². The predicted octanol–water partition coefficient (Wildman–Crippen LogP) is 20.8. The van der Waals surface area contributed by atoms with Gasteiger partial charge in [0.05, 0.1) is 0 Å². The van der Waals surface area contributed by atoms with Gasteiger partial charge in [0, 0.05) is 36.3 Å². The van der Waals surface area contributed by atoms with Crippen molar-refractivity contribution in [3.05, 3.63) is 113 Å². The van der Waals surface area contributed by atoms with Crippen LogP contribution in [-0.2, 0) is 101 Å². The normalized spacial score (nSPS) is 11.3. The Morgan fingerprint density at radius 1 is 0.250 bits per heavy atom. The van der Waals surface area contributed by atoms with Gasteiger partial charge in [-0.1, -0.05) is 166 Å². The van der Waals surface area contributed by atoms with E-state index in [1.54, 1.807) is 55.6 Å². The Hall–Kier alpha value is -3.56. The van der Waals surface area contributed by atoms with Crippen LogP contribution < -0.4 is 0 Å². The summed E-state index contributed by atoms with van der Waals surface area (Å²) in [5, 5.41) is 13.9. The van der Waals surface area contributed by atoms with Gasteiger partial charge >= 0.3 is 0 Å². The molecule has 72 heavy (non-hydrogen) atoms. The molecule has 0 radical (unpaired) electrons. The molecule has 0 spiro atoms. The van der Waals surface area contributed by atoms with Gasteiger partial charge in [0.2, 0.25) is 0 Å². The summed E-state index contributed by atoms with van der Waals surface area (Å²) in [7, 11) is 0. The molecule has 0 atom stereocenters. The molecule has 0 bridgehead atoms. The van der Waals surface area contributed by atoms with Crippen molar-refractivity contribution in [1.82, 2.24) is 0 Å². The second kappa shape index (κ2) is 29.5. The minimum absolute atomic E-state index is 0.848. The molecule has 0 nitrogen and oxygen atoms in total. The van der Waals surface area contributed by atoms with E-state index >= 15 is 0 Å². The highest BCUT2D eigenvalue weighted by atomic mass is 79.9. The van der Waals surface area contributed by atoms with Gasteiger partial charge in [-0.05, 0) is 246 Å². The molecule has 0 fully saturated rings. The Morgan fingerprint density at radius 2 is 0.472 bits per heavy atom. The molecule has 6 rings (SSSR count). The topological polar surface area (TPSA) is 0 Å². The van der Waals surface area contributed by atoms with E-state index in [4.69, 9.17) is 0 Å². The second-order valence-corrected chi connectivity index (χ2v) is 21.3.